The van der Waals surface area contributed by atoms with Crippen molar-refractivity contribution < 1.29 is 4.79 Å². The summed E-state index contributed by atoms with van der Waals surface area (Å²) in [6.07, 6.45) is 7.35. The van der Waals surface area contributed by atoms with Crippen LogP contribution >= 0.6 is 0 Å². The van der Waals surface area contributed by atoms with Crippen molar-refractivity contribution in [2.45, 2.75) is 0 Å². The highest BCUT2D eigenvalue weighted by molar-refractivity contribution is 6.35. The van der Waals surface area contributed by atoms with E-state index in [4.69, 9.17) is 5.10 Å². The second-order valence-electron chi connectivity index (χ2n) is 6.51. The number of carbonyl (C=O) groups excluding carboxylic acids is 1. The highest BCUT2D eigenvalue weighted by Gasteiger charge is 2.24. The Morgan fingerprint density at radius 2 is 1.75 bits per heavy atom. The normalized spacial score (nSPS) is 14.1. The van der Waals surface area contributed by atoms with Crippen molar-refractivity contribution in [1.82, 2.24) is 14.8 Å². The van der Waals surface area contributed by atoms with Crippen LogP contribution in [-0.2, 0) is 4.79 Å². The number of hydrogen-bond donors (Lipinski definition) is 1. The first-order chi connectivity index (χ1) is 13.8. The Labute approximate surface area is 162 Å². The molecular formula is C23H16N4O. The second kappa shape index (κ2) is 6.63. The molecule has 5 rings (SSSR count). The number of nitrogens with one attached hydrogen (secondary N) is 1. The Balaban J connectivity index is 1.69. The summed E-state index contributed by atoms with van der Waals surface area (Å²) < 4.78 is 1.83. The number of fused-ring (bicyclic) bond motifs is 1. The first-order valence-corrected chi connectivity index (χ1v) is 8.97. The molecule has 0 spiro atoms. The third-order valence-electron chi connectivity index (χ3n) is 4.71. The smallest absolute Gasteiger partial charge is 0.256 e. The number of anilines is 1. The van der Waals surface area contributed by atoms with Crippen LogP contribution in [-0.4, -0.2) is 20.7 Å². The molecule has 2 aromatic heterocycles. The molecule has 3 heterocycles. The molecule has 4 aromatic rings. The molecule has 0 atom stereocenters. The Morgan fingerprint density at radius 3 is 2.57 bits per heavy atom. The van der Waals surface area contributed by atoms with Crippen molar-refractivity contribution in [1.29, 1.82) is 0 Å². The number of amides is 1. The summed E-state index contributed by atoms with van der Waals surface area (Å²) in [6, 6.07) is 21.5. The number of rotatable bonds is 3. The standard InChI is InChI=1S/C23H16N4O/c28-23-20(19-10-4-5-11-21(19)25-23)13-17-15-27(18-8-2-1-3-9-18)26-22(17)16-7-6-12-24-14-16/h1-15H,(H,25,28)/b20-13+. The monoisotopic (exact) mass is 364 g/mol. The van der Waals surface area contributed by atoms with Gasteiger partial charge in [0.1, 0.15) is 5.69 Å². The van der Waals surface area contributed by atoms with Crippen LogP contribution in [0, 0.1) is 0 Å². The van der Waals surface area contributed by atoms with E-state index in [2.05, 4.69) is 10.3 Å². The van der Waals surface area contributed by atoms with Crippen molar-refractivity contribution in [3.05, 3.63) is 96.4 Å². The molecule has 5 nitrogen and oxygen atoms in total. The Kier molecular flexibility index (Phi) is 3.84. The van der Waals surface area contributed by atoms with E-state index in [1.807, 2.05) is 83.7 Å². The molecule has 1 N–H and O–H groups in total. The van der Waals surface area contributed by atoms with Gasteiger partial charge in [-0.1, -0.05) is 36.4 Å². The molecule has 1 aliphatic heterocycles. The summed E-state index contributed by atoms with van der Waals surface area (Å²) in [6.45, 7) is 0. The van der Waals surface area contributed by atoms with Crippen LogP contribution in [0.3, 0.4) is 0 Å². The Hall–Kier alpha value is -3.99. The van der Waals surface area contributed by atoms with Crippen LogP contribution in [0.25, 0.3) is 28.6 Å². The zero-order valence-electron chi connectivity index (χ0n) is 14.9. The molecule has 134 valence electrons. The number of pyridine rings is 1. The van der Waals surface area contributed by atoms with Crippen LogP contribution < -0.4 is 5.32 Å². The van der Waals surface area contributed by atoms with Crippen molar-refractivity contribution >= 4 is 23.2 Å². The second-order valence-corrected chi connectivity index (χ2v) is 6.51. The predicted octanol–water partition coefficient (Wildman–Crippen LogP) is 4.43. The minimum atomic E-state index is -0.106. The van der Waals surface area contributed by atoms with E-state index in [1.165, 1.54) is 0 Å². The lowest BCUT2D eigenvalue weighted by Gasteiger charge is -2.00. The average Bonchev–Trinajstić information content (AvgIpc) is 3.31. The molecule has 2 aromatic carbocycles. The predicted molar refractivity (Wildman–Crippen MR) is 110 cm³/mol. The summed E-state index contributed by atoms with van der Waals surface area (Å²) in [5, 5.41) is 7.69. The Bertz CT molecular complexity index is 1190. The lowest BCUT2D eigenvalue weighted by Crippen LogP contribution is -2.03. The molecule has 1 aliphatic rings. The van der Waals surface area contributed by atoms with Crippen molar-refractivity contribution in [3.63, 3.8) is 0 Å². The Morgan fingerprint density at radius 1 is 0.929 bits per heavy atom. The van der Waals surface area contributed by atoms with Gasteiger partial charge in [0.05, 0.1) is 5.69 Å². The number of nitrogens with zero attached hydrogens (tertiary/aromatic N) is 3. The van der Waals surface area contributed by atoms with E-state index in [-0.39, 0.29) is 5.91 Å². The number of benzene rings is 2. The molecule has 28 heavy (non-hydrogen) atoms. The lowest BCUT2D eigenvalue weighted by atomic mass is 10.0. The van der Waals surface area contributed by atoms with E-state index >= 15 is 0 Å². The van der Waals surface area contributed by atoms with Crippen molar-refractivity contribution in [3.8, 4) is 16.9 Å². The fourth-order valence-electron chi connectivity index (χ4n) is 3.37. The first-order valence-electron chi connectivity index (χ1n) is 8.97. The molecule has 0 saturated carbocycles. The highest BCUT2D eigenvalue weighted by atomic mass is 16.2. The van der Waals surface area contributed by atoms with E-state index in [1.54, 1.807) is 12.4 Å². The molecule has 0 saturated heterocycles. The first kappa shape index (κ1) is 16.2. The van der Waals surface area contributed by atoms with Gasteiger partial charge >= 0.3 is 0 Å². The number of para-hydroxylation sites is 2. The summed E-state index contributed by atoms with van der Waals surface area (Å²) in [4.78, 5) is 16.8. The minimum Gasteiger partial charge on any atom is -0.321 e. The van der Waals surface area contributed by atoms with E-state index < -0.39 is 0 Å². The topological polar surface area (TPSA) is 59.8 Å². The molecule has 0 aliphatic carbocycles. The van der Waals surface area contributed by atoms with Crippen LogP contribution in [0.2, 0.25) is 0 Å². The maximum atomic E-state index is 12.5. The number of hydrogen-bond acceptors (Lipinski definition) is 3. The lowest BCUT2D eigenvalue weighted by molar-refractivity contribution is -0.110. The van der Waals surface area contributed by atoms with Gasteiger partial charge in [-0.05, 0) is 36.4 Å². The van der Waals surface area contributed by atoms with Gasteiger partial charge in [-0.15, -0.1) is 0 Å². The molecule has 0 fully saturated rings. The minimum absolute atomic E-state index is 0.106. The quantitative estimate of drug-likeness (QED) is 0.547. The number of carbonyl (C=O) groups is 1. The van der Waals surface area contributed by atoms with Gasteiger partial charge in [0, 0.05) is 46.5 Å². The maximum Gasteiger partial charge on any atom is 0.256 e. The molecule has 1 amide bonds. The highest BCUT2D eigenvalue weighted by Crippen LogP contribution is 2.34. The zero-order chi connectivity index (χ0) is 18.9. The van der Waals surface area contributed by atoms with Gasteiger partial charge in [0.25, 0.3) is 5.91 Å². The average molecular weight is 364 g/mol. The fourth-order valence-corrected chi connectivity index (χ4v) is 3.37. The molecular weight excluding hydrogens is 348 g/mol. The van der Waals surface area contributed by atoms with Crippen molar-refractivity contribution in [2.75, 3.05) is 5.32 Å². The summed E-state index contributed by atoms with van der Waals surface area (Å²) in [7, 11) is 0. The third-order valence-corrected chi connectivity index (χ3v) is 4.71. The van der Waals surface area contributed by atoms with Gasteiger partial charge < -0.3 is 5.32 Å². The largest absolute Gasteiger partial charge is 0.321 e. The maximum absolute atomic E-state index is 12.5. The summed E-state index contributed by atoms with van der Waals surface area (Å²) in [5.41, 5.74) is 5.85. The molecule has 5 heteroatoms. The van der Waals surface area contributed by atoms with E-state index in [0.29, 0.717) is 5.57 Å². The summed E-state index contributed by atoms with van der Waals surface area (Å²) in [5.74, 6) is -0.106. The van der Waals surface area contributed by atoms with E-state index in [9.17, 15) is 4.79 Å². The van der Waals surface area contributed by atoms with Crippen LogP contribution in [0.1, 0.15) is 11.1 Å². The van der Waals surface area contributed by atoms with Crippen LogP contribution in [0.5, 0.6) is 0 Å². The fraction of sp³-hybridized carbons (Fsp3) is 0. The van der Waals surface area contributed by atoms with Crippen LogP contribution in [0.4, 0.5) is 5.69 Å². The molecule has 0 unspecified atom stereocenters. The molecule has 0 radical (unpaired) electrons. The number of aromatic nitrogens is 3. The zero-order valence-corrected chi connectivity index (χ0v) is 14.9. The van der Waals surface area contributed by atoms with Crippen LogP contribution in [0.15, 0.2) is 85.3 Å². The van der Waals surface area contributed by atoms with Gasteiger partial charge in [-0.2, -0.15) is 5.10 Å². The van der Waals surface area contributed by atoms with Crippen molar-refractivity contribution in [2.24, 2.45) is 0 Å². The van der Waals surface area contributed by atoms with Gasteiger partial charge in [-0.3, -0.25) is 9.78 Å². The molecule has 0 bridgehead atoms. The van der Waals surface area contributed by atoms with Gasteiger partial charge in [-0.25, -0.2) is 4.68 Å². The SMILES string of the molecule is O=C1Nc2ccccc2/C1=C\c1cn(-c2ccccc2)nc1-c1cccnc1. The van der Waals surface area contributed by atoms with Gasteiger partial charge in [0.15, 0.2) is 0 Å². The van der Waals surface area contributed by atoms with Gasteiger partial charge in [0.2, 0.25) is 0 Å². The summed E-state index contributed by atoms with van der Waals surface area (Å²) >= 11 is 0. The van der Waals surface area contributed by atoms with E-state index in [0.717, 1.165) is 33.8 Å². The third kappa shape index (κ3) is 2.79.